The summed E-state index contributed by atoms with van der Waals surface area (Å²) < 4.78 is 0. The van der Waals surface area contributed by atoms with Gasteiger partial charge in [0.05, 0.1) is 0 Å². The summed E-state index contributed by atoms with van der Waals surface area (Å²) in [6.45, 7) is 12.8. The Morgan fingerprint density at radius 1 is 0.692 bits per heavy atom. The summed E-state index contributed by atoms with van der Waals surface area (Å²) >= 11 is 0. The third-order valence-corrected chi connectivity index (χ3v) is 1.12. The molecule has 0 aromatic rings. The standard InChI is InChI=1S/C10H22N2.Li.H/c1-9(2,3)11-7-8-12-10(4,5)6;;/h7-8,11-12H,1-6H3;;. The first-order valence-corrected chi connectivity index (χ1v) is 4.41. The first-order chi connectivity index (χ1) is 5.21. The van der Waals surface area contributed by atoms with E-state index in [1.165, 1.54) is 0 Å². The van der Waals surface area contributed by atoms with Crippen LogP contribution in [-0.4, -0.2) is 29.9 Å². The number of nitrogens with one attached hydrogen (secondary N) is 2. The van der Waals surface area contributed by atoms with Crippen LogP contribution in [0.4, 0.5) is 0 Å². The Morgan fingerprint density at radius 3 is 1.08 bits per heavy atom. The Labute approximate surface area is 94.7 Å². The molecular weight excluding hydrogens is 155 g/mol. The van der Waals surface area contributed by atoms with Crippen LogP contribution in [0.5, 0.6) is 0 Å². The second-order valence-electron chi connectivity index (χ2n) is 5.12. The number of hydrogen-bond donors (Lipinski definition) is 2. The van der Waals surface area contributed by atoms with Gasteiger partial charge in [0.15, 0.2) is 0 Å². The number of rotatable bonds is 2. The predicted octanol–water partition coefficient (Wildman–Crippen LogP) is 1.59. The van der Waals surface area contributed by atoms with Gasteiger partial charge in [-0.1, -0.05) is 0 Å². The van der Waals surface area contributed by atoms with Gasteiger partial charge in [-0.05, 0) is 41.5 Å². The predicted molar refractivity (Wildman–Crippen MR) is 62.1 cm³/mol. The van der Waals surface area contributed by atoms with Crippen LogP contribution >= 0.6 is 0 Å². The van der Waals surface area contributed by atoms with Crippen molar-refractivity contribution in [2.75, 3.05) is 0 Å². The summed E-state index contributed by atoms with van der Waals surface area (Å²) in [7, 11) is 0. The zero-order valence-electron chi connectivity index (χ0n) is 9.15. The van der Waals surface area contributed by atoms with Gasteiger partial charge in [0.25, 0.3) is 0 Å². The normalized spacial score (nSPS) is 12.5. The van der Waals surface area contributed by atoms with Gasteiger partial charge in [-0.15, -0.1) is 0 Å². The van der Waals surface area contributed by atoms with E-state index in [0.29, 0.717) is 0 Å². The van der Waals surface area contributed by atoms with Crippen molar-refractivity contribution < 1.29 is 0 Å². The fourth-order valence-corrected chi connectivity index (χ4v) is 0.583. The van der Waals surface area contributed by atoms with E-state index in [-0.39, 0.29) is 29.9 Å². The van der Waals surface area contributed by atoms with Gasteiger partial charge >= 0.3 is 18.9 Å². The summed E-state index contributed by atoms with van der Waals surface area (Å²) in [5.41, 5.74) is 0.298. The minimum absolute atomic E-state index is 0. The van der Waals surface area contributed by atoms with Crippen molar-refractivity contribution in [1.82, 2.24) is 10.6 Å². The van der Waals surface area contributed by atoms with E-state index in [4.69, 9.17) is 0 Å². The quantitative estimate of drug-likeness (QED) is 0.627. The molecule has 0 aliphatic carbocycles. The summed E-state index contributed by atoms with van der Waals surface area (Å²) in [6, 6.07) is 0. The average Bonchev–Trinajstić information content (AvgIpc) is 1.76. The van der Waals surface area contributed by atoms with Gasteiger partial charge in [-0.2, -0.15) is 0 Å². The van der Waals surface area contributed by atoms with Crippen LogP contribution < -0.4 is 10.6 Å². The zero-order chi connectivity index (χ0) is 9.83. The van der Waals surface area contributed by atoms with E-state index < -0.39 is 0 Å². The van der Waals surface area contributed by atoms with E-state index >= 15 is 0 Å². The van der Waals surface area contributed by atoms with E-state index in [2.05, 4.69) is 52.2 Å². The van der Waals surface area contributed by atoms with Crippen LogP contribution in [0.15, 0.2) is 12.4 Å². The molecule has 0 bridgehead atoms. The van der Waals surface area contributed by atoms with Gasteiger partial charge in [0, 0.05) is 23.5 Å². The molecule has 0 aromatic carbocycles. The molecule has 0 amide bonds. The second kappa shape index (κ2) is 5.62. The Kier molecular flexibility index (Phi) is 6.66. The van der Waals surface area contributed by atoms with E-state index in [9.17, 15) is 0 Å². The van der Waals surface area contributed by atoms with Crippen molar-refractivity contribution in [2.45, 2.75) is 52.6 Å². The van der Waals surface area contributed by atoms with Crippen LogP contribution in [0, 0.1) is 0 Å². The van der Waals surface area contributed by atoms with Crippen LogP contribution in [0.3, 0.4) is 0 Å². The Morgan fingerprint density at radius 2 is 0.923 bits per heavy atom. The molecule has 0 aliphatic rings. The summed E-state index contributed by atoms with van der Waals surface area (Å²) in [5.74, 6) is 0. The first kappa shape index (κ1) is 15.4. The van der Waals surface area contributed by atoms with Gasteiger partial charge in [-0.3, -0.25) is 0 Å². The molecule has 2 N–H and O–H groups in total. The Hall–Kier alpha value is -0.0626. The molecular formula is C10H23LiN2. The molecule has 0 aromatic heterocycles. The van der Waals surface area contributed by atoms with E-state index in [0.717, 1.165) is 0 Å². The first-order valence-electron chi connectivity index (χ1n) is 4.41. The average molecular weight is 178 g/mol. The molecule has 0 saturated carbocycles. The molecule has 0 fully saturated rings. The molecule has 0 radical (unpaired) electrons. The van der Waals surface area contributed by atoms with E-state index in [1.54, 1.807) is 0 Å². The maximum absolute atomic E-state index is 3.25. The molecule has 0 spiro atoms. The minimum atomic E-state index is 0. The fourth-order valence-electron chi connectivity index (χ4n) is 0.583. The molecule has 0 heterocycles. The monoisotopic (exact) mass is 178 g/mol. The molecule has 74 valence electrons. The topological polar surface area (TPSA) is 24.1 Å². The van der Waals surface area contributed by atoms with Crippen LogP contribution in [0.25, 0.3) is 0 Å². The third-order valence-electron chi connectivity index (χ3n) is 1.12. The summed E-state index contributed by atoms with van der Waals surface area (Å²) in [6.07, 6.45) is 3.90. The Bertz CT molecular complexity index is 133. The SMILES string of the molecule is CC(C)(C)NC=CNC(C)(C)C.[LiH]. The molecule has 0 atom stereocenters. The molecule has 0 rings (SSSR count). The molecule has 0 unspecified atom stereocenters. The second-order valence-corrected chi connectivity index (χ2v) is 5.12. The maximum atomic E-state index is 3.25. The van der Waals surface area contributed by atoms with Gasteiger partial charge in [0.2, 0.25) is 0 Å². The fraction of sp³-hybridized carbons (Fsp3) is 0.800. The molecule has 0 aliphatic heterocycles. The summed E-state index contributed by atoms with van der Waals surface area (Å²) in [4.78, 5) is 0. The molecule has 0 saturated heterocycles. The van der Waals surface area contributed by atoms with Crippen molar-refractivity contribution in [1.29, 1.82) is 0 Å². The third kappa shape index (κ3) is 14.8. The zero-order valence-corrected chi connectivity index (χ0v) is 9.15. The van der Waals surface area contributed by atoms with Gasteiger partial charge in [-0.25, -0.2) is 0 Å². The molecule has 3 heteroatoms. The van der Waals surface area contributed by atoms with Crippen molar-refractivity contribution in [3.63, 3.8) is 0 Å². The van der Waals surface area contributed by atoms with Crippen molar-refractivity contribution in [3.8, 4) is 0 Å². The number of hydrogen-bond acceptors (Lipinski definition) is 2. The summed E-state index contributed by atoms with van der Waals surface area (Å²) in [5, 5.41) is 6.50. The van der Waals surface area contributed by atoms with Crippen molar-refractivity contribution in [2.24, 2.45) is 0 Å². The van der Waals surface area contributed by atoms with Crippen LogP contribution in [0.2, 0.25) is 0 Å². The van der Waals surface area contributed by atoms with Gasteiger partial charge < -0.3 is 10.6 Å². The van der Waals surface area contributed by atoms with Gasteiger partial charge in [0.1, 0.15) is 0 Å². The van der Waals surface area contributed by atoms with Crippen LogP contribution in [0.1, 0.15) is 41.5 Å². The molecule has 13 heavy (non-hydrogen) atoms. The van der Waals surface area contributed by atoms with Crippen LogP contribution in [-0.2, 0) is 0 Å². The van der Waals surface area contributed by atoms with Crippen molar-refractivity contribution >= 4 is 18.9 Å². The van der Waals surface area contributed by atoms with Crippen molar-refractivity contribution in [3.05, 3.63) is 12.4 Å². The molecule has 2 nitrogen and oxygen atoms in total. The van der Waals surface area contributed by atoms with E-state index in [1.807, 2.05) is 12.4 Å². The Balaban J connectivity index is 0.